The van der Waals surface area contributed by atoms with Crippen LogP contribution in [0.15, 0.2) is 12.3 Å². The van der Waals surface area contributed by atoms with E-state index >= 15 is 0 Å². The number of ether oxygens (including phenoxy) is 1. The Kier molecular flexibility index (Phi) is 23.1. The summed E-state index contributed by atoms with van der Waals surface area (Å²) >= 11 is 0. The monoisotopic (exact) mass is 351 g/mol. The fraction of sp³-hybridized carbons (Fsp3) is 0.875. The van der Waals surface area contributed by atoms with Crippen LogP contribution >= 0.6 is 0 Å². The molecule has 1 heteroatoms. The maximum absolute atomic E-state index is 4.65. The number of hydrogen-bond donors (Lipinski definition) is 0. The van der Waals surface area contributed by atoms with Crippen molar-refractivity contribution in [2.24, 2.45) is 0 Å². The third kappa shape index (κ3) is 23.5. The standard InChI is InChI=1S/C24H47O/c1-3-4-5-6-7-8-9-10-11-12-13-14-15-16-17-18-19-20-21-22-23-24-25-2/h23-24H,2-22H2,1H3. The van der Waals surface area contributed by atoms with Gasteiger partial charge in [0.25, 0.3) is 0 Å². The van der Waals surface area contributed by atoms with Crippen molar-refractivity contribution >= 4 is 0 Å². The first-order chi connectivity index (χ1) is 12.4. The molecule has 0 unspecified atom stereocenters. The van der Waals surface area contributed by atoms with E-state index < -0.39 is 0 Å². The molecule has 0 aromatic heterocycles. The molecule has 1 nitrogen and oxygen atoms in total. The van der Waals surface area contributed by atoms with Crippen molar-refractivity contribution < 1.29 is 4.74 Å². The minimum atomic E-state index is 1.13. The molecule has 0 aromatic rings. The molecule has 0 saturated carbocycles. The lowest BCUT2D eigenvalue weighted by Gasteiger charge is -2.03. The zero-order chi connectivity index (χ0) is 18.3. The summed E-state index contributed by atoms with van der Waals surface area (Å²) in [5, 5.41) is 0. The van der Waals surface area contributed by atoms with E-state index in [9.17, 15) is 0 Å². The van der Waals surface area contributed by atoms with Crippen LogP contribution in [0.3, 0.4) is 0 Å². The second kappa shape index (κ2) is 23.5. The predicted octanol–water partition coefficient (Wildman–Crippen LogP) is 9.13. The second-order valence-corrected chi connectivity index (χ2v) is 7.69. The zero-order valence-corrected chi connectivity index (χ0v) is 17.4. The molecule has 1 radical (unpaired) electrons. The summed E-state index contributed by atoms with van der Waals surface area (Å²) in [7, 11) is 3.32. The Bertz CT molecular complexity index is 246. The molecule has 0 heterocycles. The van der Waals surface area contributed by atoms with Gasteiger partial charge in [0.1, 0.15) is 7.11 Å². The third-order valence-corrected chi connectivity index (χ3v) is 5.17. The van der Waals surface area contributed by atoms with Gasteiger partial charge in [-0.3, -0.25) is 0 Å². The van der Waals surface area contributed by atoms with E-state index in [-0.39, 0.29) is 0 Å². The summed E-state index contributed by atoms with van der Waals surface area (Å²) in [4.78, 5) is 0. The number of unbranched alkanes of at least 4 members (excludes halogenated alkanes) is 19. The fourth-order valence-electron chi connectivity index (χ4n) is 3.48. The van der Waals surface area contributed by atoms with E-state index in [1.807, 2.05) is 0 Å². The van der Waals surface area contributed by atoms with Crippen LogP contribution < -0.4 is 0 Å². The van der Waals surface area contributed by atoms with Crippen LogP contribution in [-0.2, 0) is 4.74 Å². The minimum absolute atomic E-state index is 1.13. The van der Waals surface area contributed by atoms with Gasteiger partial charge in [0, 0.05) is 0 Å². The molecule has 0 N–H and O–H groups in total. The molecule has 0 saturated heterocycles. The van der Waals surface area contributed by atoms with Crippen molar-refractivity contribution in [3.8, 4) is 0 Å². The summed E-state index contributed by atoms with van der Waals surface area (Å²) < 4.78 is 4.65. The highest BCUT2D eigenvalue weighted by molar-refractivity contribution is 4.72. The molecule has 0 spiro atoms. The van der Waals surface area contributed by atoms with Gasteiger partial charge in [0.2, 0.25) is 0 Å². The fourth-order valence-corrected chi connectivity index (χ4v) is 3.48. The van der Waals surface area contributed by atoms with Gasteiger partial charge in [0.15, 0.2) is 0 Å². The average molecular weight is 352 g/mol. The van der Waals surface area contributed by atoms with Crippen LogP contribution in [0.2, 0.25) is 0 Å². The summed E-state index contributed by atoms with van der Waals surface area (Å²) in [5.41, 5.74) is 0. The molecule has 0 aliphatic heterocycles. The Balaban J connectivity index is 2.97. The lowest BCUT2D eigenvalue weighted by molar-refractivity contribution is 0.391. The van der Waals surface area contributed by atoms with Gasteiger partial charge in [-0.1, -0.05) is 122 Å². The average Bonchev–Trinajstić information content (AvgIpc) is 2.63. The van der Waals surface area contributed by atoms with Crippen molar-refractivity contribution in [1.29, 1.82) is 0 Å². The summed E-state index contributed by atoms with van der Waals surface area (Å²) in [6, 6.07) is 0. The van der Waals surface area contributed by atoms with Gasteiger partial charge in [-0.05, 0) is 18.9 Å². The first kappa shape index (κ1) is 24.5. The Morgan fingerprint density at radius 2 is 0.840 bits per heavy atom. The van der Waals surface area contributed by atoms with Crippen molar-refractivity contribution in [3.05, 3.63) is 19.4 Å². The molecule has 0 aliphatic carbocycles. The Morgan fingerprint density at radius 1 is 0.520 bits per heavy atom. The molecule has 0 bridgehead atoms. The lowest BCUT2D eigenvalue weighted by atomic mass is 10.0. The SMILES string of the molecule is [CH2]OC=CCCCCCCCCCCCCCCCCCCCCC. The van der Waals surface area contributed by atoms with E-state index in [0.29, 0.717) is 0 Å². The predicted molar refractivity (Wildman–Crippen MR) is 114 cm³/mol. The van der Waals surface area contributed by atoms with Crippen LogP contribution in [0.25, 0.3) is 0 Å². The number of allylic oxidation sites excluding steroid dienone is 1. The highest BCUT2D eigenvalue weighted by Gasteiger charge is 1.95. The van der Waals surface area contributed by atoms with Crippen molar-refractivity contribution in [1.82, 2.24) is 0 Å². The van der Waals surface area contributed by atoms with Crippen LogP contribution in [0.4, 0.5) is 0 Å². The Morgan fingerprint density at radius 3 is 1.16 bits per heavy atom. The maximum Gasteiger partial charge on any atom is 0.121 e. The van der Waals surface area contributed by atoms with E-state index in [4.69, 9.17) is 0 Å². The summed E-state index contributed by atoms with van der Waals surface area (Å²) in [6.07, 6.45) is 32.2. The quantitative estimate of drug-likeness (QED) is 0.148. The Hall–Kier alpha value is -0.460. The number of hydrogen-bond acceptors (Lipinski definition) is 1. The molecule has 0 fully saturated rings. The van der Waals surface area contributed by atoms with Gasteiger partial charge < -0.3 is 4.74 Å². The first-order valence-electron chi connectivity index (χ1n) is 11.5. The highest BCUT2D eigenvalue weighted by atomic mass is 16.5. The van der Waals surface area contributed by atoms with Crippen LogP contribution in [0.1, 0.15) is 135 Å². The highest BCUT2D eigenvalue weighted by Crippen LogP contribution is 2.14. The topological polar surface area (TPSA) is 9.23 Å². The molecular weight excluding hydrogens is 304 g/mol. The van der Waals surface area contributed by atoms with Gasteiger partial charge in [0.05, 0.1) is 6.26 Å². The minimum Gasteiger partial charge on any atom is -0.498 e. The zero-order valence-electron chi connectivity index (χ0n) is 17.4. The van der Waals surface area contributed by atoms with E-state index in [2.05, 4.69) is 24.8 Å². The summed E-state index contributed by atoms with van der Waals surface area (Å²) in [5.74, 6) is 0. The van der Waals surface area contributed by atoms with Crippen LogP contribution in [0.5, 0.6) is 0 Å². The number of rotatable bonds is 21. The van der Waals surface area contributed by atoms with Gasteiger partial charge in [-0.2, -0.15) is 0 Å². The molecule has 0 rings (SSSR count). The Labute approximate surface area is 160 Å². The molecule has 0 atom stereocenters. The molecule has 149 valence electrons. The molecule has 0 amide bonds. The molecule has 0 aliphatic rings. The normalized spacial score (nSPS) is 11.4. The van der Waals surface area contributed by atoms with Gasteiger partial charge in [-0.25, -0.2) is 0 Å². The van der Waals surface area contributed by atoms with E-state index in [0.717, 1.165) is 6.42 Å². The third-order valence-electron chi connectivity index (χ3n) is 5.17. The van der Waals surface area contributed by atoms with Crippen molar-refractivity contribution in [2.75, 3.05) is 0 Å². The second-order valence-electron chi connectivity index (χ2n) is 7.69. The molecule has 25 heavy (non-hydrogen) atoms. The van der Waals surface area contributed by atoms with E-state index in [1.54, 1.807) is 6.26 Å². The maximum atomic E-state index is 4.65. The van der Waals surface area contributed by atoms with Gasteiger partial charge >= 0.3 is 0 Å². The molecule has 0 aromatic carbocycles. The largest absolute Gasteiger partial charge is 0.498 e. The smallest absolute Gasteiger partial charge is 0.121 e. The first-order valence-corrected chi connectivity index (χ1v) is 11.5. The van der Waals surface area contributed by atoms with Crippen molar-refractivity contribution in [2.45, 2.75) is 135 Å². The summed E-state index contributed by atoms with van der Waals surface area (Å²) in [6.45, 7) is 2.30. The molecular formula is C24H47O. The van der Waals surface area contributed by atoms with Crippen molar-refractivity contribution in [3.63, 3.8) is 0 Å². The van der Waals surface area contributed by atoms with Crippen LogP contribution in [-0.4, -0.2) is 0 Å². The van der Waals surface area contributed by atoms with Crippen LogP contribution in [0, 0.1) is 7.11 Å². The van der Waals surface area contributed by atoms with Gasteiger partial charge in [-0.15, -0.1) is 0 Å². The lowest BCUT2D eigenvalue weighted by Crippen LogP contribution is -1.84. The van der Waals surface area contributed by atoms with E-state index in [1.165, 1.54) is 122 Å².